The van der Waals surface area contributed by atoms with Gasteiger partial charge < -0.3 is 9.52 Å². The summed E-state index contributed by atoms with van der Waals surface area (Å²) in [5.74, 6) is -0.340. The monoisotopic (exact) mass is 283 g/mol. The molecule has 0 bridgehead atoms. The van der Waals surface area contributed by atoms with Gasteiger partial charge in [0.2, 0.25) is 0 Å². The molecule has 4 nitrogen and oxygen atoms in total. The molecule has 4 heteroatoms. The van der Waals surface area contributed by atoms with E-state index in [1.54, 1.807) is 16.7 Å². The van der Waals surface area contributed by atoms with Crippen molar-refractivity contribution < 1.29 is 9.52 Å². The molecular formula is C17H17NO3. The predicted molar refractivity (Wildman–Crippen MR) is 81.2 cm³/mol. The zero-order chi connectivity index (χ0) is 14.7. The number of aliphatic hydroxyl groups excluding tert-OH is 1. The zero-order valence-corrected chi connectivity index (χ0v) is 11.7. The predicted octanol–water partition coefficient (Wildman–Crippen LogP) is 2.72. The molecule has 0 radical (unpaired) electrons. The van der Waals surface area contributed by atoms with Gasteiger partial charge in [-0.15, -0.1) is 0 Å². The summed E-state index contributed by atoms with van der Waals surface area (Å²) in [5, 5.41) is 9.20. The van der Waals surface area contributed by atoms with Crippen molar-refractivity contribution in [2.75, 3.05) is 0 Å². The molecule has 0 unspecified atom stereocenters. The Kier molecular flexibility index (Phi) is 3.88. The third kappa shape index (κ3) is 2.90. The van der Waals surface area contributed by atoms with Crippen molar-refractivity contribution in [1.29, 1.82) is 0 Å². The fraction of sp³-hybridized carbons (Fsp3) is 0.235. The Morgan fingerprint density at radius 2 is 1.86 bits per heavy atom. The van der Waals surface area contributed by atoms with E-state index in [9.17, 15) is 9.90 Å². The second-order valence-corrected chi connectivity index (χ2v) is 5.07. The van der Waals surface area contributed by atoms with E-state index < -0.39 is 0 Å². The Morgan fingerprint density at radius 1 is 1.05 bits per heavy atom. The summed E-state index contributed by atoms with van der Waals surface area (Å²) in [6.07, 6.45) is 1.78. The zero-order valence-electron chi connectivity index (χ0n) is 11.7. The highest BCUT2D eigenvalue weighted by Gasteiger charge is 2.09. The van der Waals surface area contributed by atoms with Gasteiger partial charge in [0.05, 0.1) is 12.1 Å². The van der Waals surface area contributed by atoms with E-state index in [0.29, 0.717) is 12.1 Å². The summed E-state index contributed by atoms with van der Waals surface area (Å²) in [4.78, 5) is 11.9. The van der Waals surface area contributed by atoms with Crippen molar-refractivity contribution in [1.82, 2.24) is 4.57 Å². The first-order chi connectivity index (χ1) is 10.3. The molecule has 0 aliphatic heterocycles. The molecule has 1 heterocycles. The van der Waals surface area contributed by atoms with E-state index in [0.717, 1.165) is 23.9 Å². The third-order valence-electron chi connectivity index (χ3n) is 3.60. The lowest BCUT2D eigenvalue weighted by molar-refractivity contribution is 0.282. The van der Waals surface area contributed by atoms with E-state index in [2.05, 4.69) is 12.1 Å². The Balaban J connectivity index is 1.80. The van der Waals surface area contributed by atoms with Crippen LogP contribution >= 0.6 is 0 Å². The number of aromatic nitrogens is 1. The van der Waals surface area contributed by atoms with E-state index in [4.69, 9.17) is 4.42 Å². The summed E-state index contributed by atoms with van der Waals surface area (Å²) in [6, 6.07) is 15.5. The van der Waals surface area contributed by atoms with Crippen LogP contribution in [0.4, 0.5) is 0 Å². The Labute approximate surface area is 122 Å². The van der Waals surface area contributed by atoms with Crippen LogP contribution in [0.25, 0.3) is 11.1 Å². The highest BCUT2D eigenvalue weighted by molar-refractivity contribution is 5.73. The quantitative estimate of drug-likeness (QED) is 0.783. The number of oxazole rings is 1. The minimum absolute atomic E-state index is 0.0423. The molecule has 1 N–H and O–H groups in total. The van der Waals surface area contributed by atoms with Crippen molar-refractivity contribution in [3.8, 4) is 0 Å². The van der Waals surface area contributed by atoms with Gasteiger partial charge in [-0.05, 0) is 36.1 Å². The minimum Gasteiger partial charge on any atom is -0.408 e. The number of aliphatic hydroxyl groups is 1. The molecule has 108 valence electrons. The summed E-state index contributed by atoms with van der Waals surface area (Å²) >= 11 is 0. The van der Waals surface area contributed by atoms with Crippen LogP contribution in [0.15, 0.2) is 57.7 Å². The highest BCUT2D eigenvalue weighted by atomic mass is 16.4. The molecule has 0 saturated heterocycles. The summed E-state index contributed by atoms with van der Waals surface area (Å²) < 4.78 is 6.86. The highest BCUT2D eigenvalue weighted by Crippen LogP contribution is 2.16. The molecule has 0 atom stereocenters. The van der Waals surface area contributed by atoms with Crippen molar-refractivity contribution in [3.05, 3.63) is 70.2 Å². The van der Waals surface area contributed by atoms with Crippen molar-refractivity contribution in [2.24, 2.45) is 0 Å². The molecule has 0 fully saturated rings. The SMILES string of the molecule is O=c1oc2ccc(CO)cc2n1CCCc1ccccc1. The molecule has 0 aliphatic rings. The maximum Gasteiger partial charge on any atom is 0.419 e. The molecule has 0 spiro atoms. The van der Waals surface area contributed by atoms with Crippen LogP contribution in [0.3, 0.4) is 0 Å². The first-order valence-corrected chi connectivity index (χ1v) is 7.05. The van der Waals surface area contributed by atoms with Gasteiger partial charge >= 0.3 is 5.76 Å². The minimum atomic E-state index is -0.340. The average molecular weight is 283 g/mol. The molecule has 2 aromatic carbocycles. The van der Waals surface area contributed by atoms with Crippen LogP contribution in [-0.4, -0.2) is 9.67 Å². The van der Waals surface area contributed by atoms with Gasteiger partial charge in [0.15, 0.2) is 5.58 Å². The number of hydrogen-bond acceptors (Lipinski definition) is 3. The second-order valence-electron chi connectivity index (χ2n) is 5.07. The maximum absolute atomic E-state index is 11.9. The smallest absolute Gasteiger partial charge is 0.408 e. The van der Waals surface area contributed by atoms with Gasteiger partial charge in [0.25, 0.3) is 0 Å². The number of rotatable bonds is 5. The molecule has 1 aromatic heterocycles. The topological polar surface area (TPSA) is 55.4 Å². The van der Waals surface area contributed by atoms with Gasteiger partial charge in [0, 0.05) is 6.54 Å². The first-order valence-electron chi connectivity index (χ1n) is 7.05. The molecule has 21 heavy (non-hydrogen) atoms. The Hall–Kier alpha value is -2.33. The van der Waals surface area contributed by atoms with E-state index >= 15 is 0 Å². The molecular weight excluding hydrogens is 266 g/mol. The average Bonchev–Trinajstić information content (AvgIpc) is 2.83. The molecule has 3 rings (SSSR count). The van der Waals surface area contributed by atoms with Crippen LogP contribution < -0.4 is 5.76 Å². The standard InChI is InChI=1S/C17H17NO3/c19-12-14-8-9-16-15(11-14)18(17(20)21-16)10-4-7-13-5-2-1-3-6-13/h1-3,5-6,8-9,11,19H,4,7,10,12H2. The van der Waals surface area contributed by atoms with E-state index in [-0.39, 0.29) is 12.4 Å². The largest absolute Gasteiger partial charge is 0.419 e. The summed E-state index contributed by atoms with van der Waals surface area (Å²) in [7, 11) is 0. The van der Waals surface area contributed by atoms with Crippen LogP contribution in [0, 0.1) is 0 Å². The van der Waals surface area contributed by atoms with Gasteiger partial charge in [-0.25, -0.2) is 4.79 Å². The lowest BCUT2D eigenvalue weighted by Gasteiger charge is -2.04. The molecule has 0 aliphatic carbocycles. The lowest BCUT2D eigenvalue weighted by Crippen LogP contribution is -2.14. The normalized spacial score (nSPS) is 11.1. The number of fused-ring (bicyclic) bond motifs is 1. The van der Waals surface area contributed by atoms with Gasteiger partial charge in [0.1, 0.15) is 0 Å². The number of aryl methyl sites for hydroxylation is 2. The van der Waals surface area contributed by atoms with Crippen LogP contribution in [0.2, 0.25) is 0 Å². The number of hydrogen-bond donors (Lipinski definition) is 1. The lowest BCUT2D eigenvalue weighted by atomic mass is 10.1. The van der Waals surface area contributed by atoms with Gasteiger partial charge in [-0.1, -0.05) is 36.4 Å². The number of nitrogens with zero attached hydrogens (tertiary/aromatic N) is 1. The van der Waals surface area contributed by atoms with Crippen molar-refractivity contribution in [3.63, 3.8) is 0 Å². The van der Waals surface area contributed by atoms with Crippen LogP contribution in [0.5, 0.6) is 0 Å². The number of benzene rings is 2. The summed E-state index contributed by atoms with van der Waals surface area (Å²) in [6.45, 7) is 0.564. The van der Waals surface area contributed by atoms with E-state index in [1.165, 1.54) is 5.56 Å². The molecule has 3 aromatic rings. The van der Waals surface area contributed by atoms with Gasteiger partial charge in [-0.3, -0.25) is 4.57 Å². The first kappa shape index (κ1) is 13.6. The summed E-state index contributed by atoms with van der Waals surface area (Å²) in [5.41, 5.74) is 3.35. The second kappa shape index (κ2) is 5.97. The van der Waals surface area contributed by atoms with Crippen LogP contribution in [-0.2, 0) is 19.6 Å². The molecule has 0 amide bonds. The third-order valence-corrected chi connectivity index (χ3v) is 3.60. The fourth-order valence-electron chi connectivity index (χ4n) is 2.50. The Bertz CT molecular complexity index is 787. The van der Waals surface area contributed by atoms with Gasteiger partial charge in [-0.2, -0.15) is 0 Å². The Morgan fingerprint density at radius 3 is 2.62 bits per heavy atom. The van der Waals surface area contributed by atoms with Crippen LogP contribution in [0.1, 0.15) is 17.5 Å². The fourth-order valence-corrected chi connectivity index (χ4v) is 2.50. The van der Waals surface area contributed by atoms with E-state index in [1.807, 2.05) is 24.3 Å². The molecule has 0 saturated carbocycles. The maximum atomic E-state index is 11.9. The van der Waals surface area contributed by atoms with Crippen molar-refractivity contribution in [2.45, 2.75) is 26.0 Å². The van der Waals surface area contributed by atoms with Crippen molar-refractivity contribution >= 4 is 11.1 Å².